The molecular formula is C24H28Cl2N2O2. The van der Waals surface area contributed by atoms with Gasteiger partial charge in [-0.2, -0.15) is 0 Å². The molecule has 1 saturated heterocycles. The molecule has 0 spiro atoms. The number of aliphatic hydroxyl groups excluding tert-OH is 1. The van der Waals surface area contributed by atoms with Crippen LogP contribution in [0.4, 0.5) is 0 Å². The largest absolute Gasteiger partial charge is 0.392 e. The summed E-state index contributed by atoms with van der Waals surface area (Å²) in [5.74, 6) is 0.0840. The Morgan fingerprint density at radius 1 is 1.17 bits per heavy atom. The van der Waals surface area contributed by atoms with Crippen molar-refractivity contribution in [3.63, 3.8) is 0 Å². The fraction of sp³-hybridized carbons (Fsp3) is 0.458. The number of benzene rings is 2. The van der Waals surface area contributed by atoms with E-state index < -0.39 is 0 Å². The van der Waals surface area contributed by atoms with Crippen LogP contribution < -0.4 is 0 Å². The highest BCUT2D eigenvalue weighted by Crippen LogP contribution is 2.40. The Morgan fingerprint density at radius 3 is 2.63 bits per heavy atom. The summed E-state index contributed by atoms with van der Waals surface area (Å²) in [5.41, 5.74) is 3.23. The molecule has 1 N–H and O–H groups in total. The van der Waals surface area contributed by atoms with E-state index in [1.54, 1.807) is 12.1 Å². The van der Waals surface area contributed by atoms with Crippen LogP contribution in [0.1, 0.15) is 43.0 Å². The molecule has 2 unspecified atom stereocenters. The molecule has 2 heterocycles. The molecule has 0 saturated carbocycles. The minimum absolute atomic E-state index is 0.0326. The maximum absolute atomic E-state index is 13.5. The van der Waals surface area contributed by atoms with Gasteiger partial charge in [-0.05, 0) is 35.2 Å². The van der Waals surface area contributed by atoms with Crippen LogP contribution in [0.2, 0.25) is 10.0 Å². The van der Waals surface area contributed by atoms with Gasteiger partial charge in [0.05, 0.1) is 28.6 Å². The lowest BCUT2D eigenvalue weighted by molar-refractivity contribution is -0.135. The highest BCUT2D eigenvalue weighted by atomic mass is 35.5. The molecule has 1 amide bonds. The smallest absolute Gasteiger partial charge is 0.227 e. The van der Waals surface area contributed by atoms with Crippen molar-refractivity contribution in [1.29, 1.82) is 0 Å². The number of hydrogen-bond acceptors (Lipinski definition) is 3. The number of carbonyl (C=O) groups excluding carboxylic acids is 1. The van der Waals surface area contributed by atoms with Gasteiger partial charge in [0.25, 0.3) is 0 Å². The lowest BCUT2D eigenvalue weighted by Gasteiger charge is -2.46. The van der Waals surface area contributed by atoms with Crippen LogP contribution >= 0.6 is 23.2 Å². The lowest BCUT2D eigenvalue weighted by Crippen LogP contribution is -2.51. The van der Waals surface area contributed by atoms with E-state index >= 15 is 0 Å². The van der Waals surface area contributed by atoms with Crippen molar-refractivity contribution in [2.75, 3.05) is 26.2 Å². The number of β-amino-alcohol motifs (C(OH)–C–C–N with tert-alkyl or cyclic N) is 1. The number of amides is 1. The molecule has 160 valence electrons. The molecule has 4 rings (SSSR count). The third-order valence-electron chi connectivity index (χ3n) is 6.33. The van der Waals surface area contributed by atoms with E-state index in [4.69, 9.17) is 23.2 Å². The van der Waals surface area contributed by atoms with Gasteiger partial charge in [0, 0.05) is 31.6 Å². The predicted octanol–water partition coefficient (Wildman–Crippen LogP) is 4.46. The zero-order chi connectivity index (χ0) is 21.5. The lowest BCUT2D eigenvalue weighted by atomic mass is 9.75. The Kier molecular flexibility index (Phi) is 6.13. The first-order valence-corrected chi connectivity index (χ1v) is 11.2. The number of halogens is 2. The number of aliphatic hydroxyl groups is 1. The van der Waals surface area contributed by atoms with Crippen LogP contribution in [0.25, 0.3) is 0 Å². The highest BCUT2D eigenvalue weighted by molar-refractivity contribution is 6.42. The number of carbonyl (C=O) groups is 1. The molecule has 2 aromatic carbocycles. The Hall–Kier alpha value is -1.59. The summed E-state index contributed by atoms with van der Waals surface area (Å²) in [6, 6.07) is 13.8. The molecule has 0 bridgehead atoms. The number of rotatable bonds is 4. The van der Waals surface area contributed by atoms with Gasteiger partial charge in [-0.1, -0.05) is 67.4 Å². The molecule has 4 nitrogen and oxygen atoms in total. The van der Waals surface area contributed by atoms with Crippen molar-refractivity contribution in [3.05, 3.63) is 69.2 Å². The van der Waals surface area contributed by atoms with E-state index in [0.717, 1.165) is 25.1 Å². The van der Waals surface area contributed by atoms with Gasteiger partial charge in [0.1, 0.15) is 0 Å². The Morgan fingerprint density at radius 2 is 1.93 bits per heavy atom. The fourth-order valence-electron chi connectivity index (χ4n) is 4.80. The minimum Gasteiger partial charge on any atom is -0.392 e. The fourth-order valence-corrected chi connectivity index (χ4v) is 5.12. The normalized spacial score (nSPS) is 23.4. The second-order valence-corrected chi connectivity index (χ2v) is 9.95. The minimum atomic E-state index is -0.277. The van der Waals surface area contributed by atoms with Crippen molar-refractivity contribution in [3.8, 4) is 0 Å². The number of hydrogen-bond donors (Lipinski definition) is 1. The van der Waals surface area contributed by atoms with E-state index in [-0.39, 0.29) is 29.9 Å². The third-order valence-corrected chi connectivity index (χ3v) is 7.07. The van der Waals surface area contributed by atoms with Crippen molar-refractivity contribution in [2.45, 2.75) is 44.2 Å². The quantitative estimate of drug-likeness (QED) is 0.753. The highest BCUT2D eigenvalue weighted by Gasteiger charge is 2.40. The number of fused-ring (bicyclic) bond motifs is 1. The molecule has 2 atom stereocenters. The molecule has 2 aliphatic heterocycles. The maximum atomic E-state index is 13.5. The molecule has 2 aromatic rings. The summed E-state index contributed by atoms with van der Waals surface area (Å²) < 4.78 is 0. The average Bonchev–Trinajstić information content (AvgIpc) is 3.11. The van der Waals surface area contributed by atoms with Crippen LogP contribution in [0.3, 0.4) is 0 Å². The summed E-state index contributed by atoms with van der Waals surface area (Å²) in [4.78, 5) is 17.8. The molecule has 0 radical (unpaired) electrons. The summed E-state index contributed by atoms with van der Waals surface area (Å²) in [7, 11) is 0. The van der Waals surface area contributed by atoms with E-state index in [0.29, 0.717) is 23.1 Å². The van der Waals surface area contributed by atoms with Gasteiger partial charge in [-0.25, -0.2) is 0 Å². The Balaban J connectivity index is 1.64. The number of nitrogens with zero attached hydrogens (tertiary/aromatic N) is 2. The van der Waals surface area contributed by atoms with Crippen molar-refractivity contribution in [1.82, 2.24) is 9.80 Å². The first-order chi connectivity index (χ1) is 14.2. The van der Waals surface area contributed by atoms with E-state index in [9.17, 15) is 9.90 Å². The molecule has 1 fully saturated rings. The van der Waals surface area contributed by atoms with Crippen LogP contribution in [0.15, 0.2) is 42.5 Å². The van der Waals surface area contributed by atoms with Crippen LogP contribution in [0.5, 0.6) is 0 Å². The van der Waals surface area contributed by atoms with Crippen molar-refractivity contribution < 1.29 is 9.90 Å². The molecule has 0 aliphatic carbocycles. The van der Waals surface area contributed by atoms with Gasteiger partial charge in [-0.15, -0.1) is 0 Å². The second kappa shape index (κ2) is 8.51. The monoisotopic (exact) mass is 446 g/mol. The average molecular weight is 447 g/mol. The summed E-state index contributed by atoms with van der Waals surface area (Å²) >= 11 is 12.2. The predicted molar refractivity (Wildman–Crippen MR) is 121 cm³/mol. The SMILES string of the molecule is CC1(C)CN(C(=O)Cc2ccc(Cl)c(Cl)c2)C(CN2CCC(O)C2)c2ccccc21. The Labute approximate surface area is 188 Å². The van der Waals surface area contributed by atoms with E-state index in [2.05, 4.69) is 36.9 Å². The molecular weight excluding hydrogens is 419 g/mol. The number of likely N-dealkylation sites (tertiary alicyclic amines) is 1. The van der Waals surface area contributed by atoms with Gasteiger partial charge in [0.15, 0.2) is 0 Å². The van der Waals surface area contributed by atoms with Gasteiger partial charge >= 0.3 is 0 Å². The summed E-state index contributed by atoms with van der Waals surface area (Å²) in [6.45, 7) is 7.31. The van der Waals surface area contributed by atoms with Crippen molar-refractivity contribution >= 4 is 29.1 Å². The van der Waals surface area contributed by atoms with Gasteiger partial charge < -0.3 is 10.0 Å². The van der Waals surface area contributed by atoms with Crippen LogP contribution in [-0.4, -0.2) is 53.1 Å². The topological polar surface area (TPSA) is 43.8 Å². The van der Waals surface area contributed by atoms with Gasteiger partial charge in [0.2, 0.25) is 5.91 Å². The first-order valence-electron chi connectivity index (χ1n) is 10.5. The van der Waals surface area contributed by atoms with Crippen LogP contribution in [0, 0.1) is 0 Å². The maximum Gasteiger partial charge on any atom is 0.227 e. The zero-order valence-corrected chi connectivity index (χ0v) is 19.0. The standard InChI is InChI=1S/C24H28Cl2N2O2/c1-24(2)15-28(23(30)12-16-7-8-20(25)21(26)11-16)22(14-27-10-9-17(29)13-27)18-5-3-4-6-19(18)24/h3-8,11,17,22,29H,9-10,12-15H2,1-2H3. The van der Waals surface area contributed by atoms with Crippen LogP contribution in [-0.2, 0) is 16.6 Å². The molecule has 6 heteroatoms. The first kappa shape index (κ1) is 21.6. The van der Waals surface area contributed by atoms with Gasteiger partial charge in [-0.3, -0.25) is 9.69 Å². The third kappa shape index (κ3) is 4.38. The Bertz CT molecular complexity index is 947. The zero-order valence-electron chi connectivity index (χ0n) is 17.4. The van der Waals surface area contributed by atoms with E-state index in [1.807, 2.05) is 17.0 Å². The summed E-state index contributed by atoms with van der Waals surface area (Å²) in [6.07, 6.45) is 0.798. The molecule has 0 aromatic heterocycles. The van der Waals surface area contributed by atoms with E-state index in [1.165, 1.54) is 11.1 Å². The molecule has 2 aliphatic rings. The van der Waals surface area contributed by atoms with Crippen molar-refractivity contribution in [2.24, 2.45) is 0 Å². The summed E-state index contributed by atoms with van der Waals surface area (Å²) in [5, 5.41) is 10.9. The second-order valence-electron chi connectivity index (χ2n) is 9.14. The molecule has 30 heavy (non-hydrogen) atoms.